The van der Waals surface area contributed by atoms with Crippen molar-refractivity contribution in [3.8, 4) is 0 Å². The number of nitrogens with one attached hydrogen (secondary N) is 1. The van der Waals surface area contributed by atoms with Crippen molar-refractivity contribution in [2.75, 3.05) is 6.54 Å². The average Bonchev–Trinajstić information content (AvgIpc) is 2.31. The quantitative estimate of drug-likeness (QED) is 0.317. The molecule has 0 aliphatic rings. The van der Waals surface area contributed by atoms with Crippen LogP contribution in [0.5, 0.6) is 0 Å². The number of carbonyl (C=O) groups is 1. The van der Waals surface area contributed by atoms with Crippen LogP contribution in [0.15, 0.2) is 17.3 Å². The highest BCUT2D eigenvalue weighted by Gasteiger charge is 2.18. The van der Waals surface area contributed by atoms with Crippen molar-refractivity contribution in [1.82, 2.24) is 5.32 Å². The van der Waals surface area contributed by atoms with Crippen molar-refractivity contribution >= 4 is 11.7 Å². The molecular formula is C10H11F2N3O2. The smallest absolute Gasteiger partial charge is 0.257 e. The highest BCUT2D eigenvalue weighted by Crippen LogP contribution is 2.15. The molecule has 0 saturated heterocycles. The van der Waals surface area contributed by atoms with Crippen LogP contribution in [0.2, 0.25) is 0 Å². The number of benzene rings is 1. The number of rotatable bonds is 3. The van der Waals surface area contributed by atoms with Gasteiger partial charge in [0.2, 0.25) is 0 Å². The number of amidine groups is 1. The number of nitrogens with zero attached hydrogens (tertiary/aromatic N) is 1. The Morgan fingerprint density at radius 2 is 2.18 bits per heavy atom. The van der Waals surface area contributed by atoms with Crippen LogP contribution in [0, 0.1) is 18.6 Å². The van der Waals surface area contributed by atoms with E-state index in [2.05, 4.69) is 10.5 Å². The minimum atomic E-state index is -0.967. The number of hydrogen-bond donors (Lipinski definition) is 3. The van der Waals surface area contributed by atoms with Crippen molar-refractivity contribution in [2.24, 2.45) is 10.9 Å². The third-order valence-electron chi connectivity index (χ3n) is 2.07. The lowest BCUT2D eigenvalue weighted by Gasteiger charge is -2.07. The Morgan fingerprint density at radius 3 is 2.76 bits per heavy atom. The lowest BCUT2D eigenvalue weighted by Crippen LogP contribution is -2.34. The fourth-order valence-corrected chi connectivity index (χ4v) is 1.16. The van der Waals surface area contributed by atoms with Gasteiger partial charge in [0.05, 0.1) is 6.54 Å². The van der Waals surface area contributed by atoms with Gasteiger partial charge in [-0.15, -0.1) is 0 Å². The van der Waals surface area contributed by atoms with Gasteiger partial charge in [0.25, 0.3) is 5.91 Å². The van der Waals surface area contributed by atoms with E-state index < -0.39 is 23.1 Å². The van der Waals surface area contributed by atoms with Crippen molar-refractivity contribution in [2.45, 2.75) is 6.92 Å². The SMILES string of the molecule is Cc1ccc(F)c(C(=O)NC/C(N)=N/O)c1F. The van der Waals surface area contributed by atoms with E-state index in [0.717, 1.165) is 6.07 Å². The molecule has 1 rings (SSSR count). The molecule has 0 spiro atoms. The molecule has 5 nitrogen and oxygen atoms in total. The third-order valence-corrected chi connectivity index (χ3v) is 2.07. The summed E-state index contributed by atoms with van der Waals surface area (Å²) in [4.78, 5) is 11.5. The highest BCUT2D eigenvalue weighted by molar-refractivity contribution is 5.97. The van der Waals surface area contributed by atoms with Crippen molar-refractivity contribution in [3.63, 3.8) is 0 Å². The summed E-state index contributed by atoms with van der Waals surface area (Å²) >= 11 is 0. The average molecular weight is 243 g/mol. The highest BCUT2D eigenvalue weighted by atomic mass is 19.1. The summed E-state index contributed by atoms with van der Waals surface area (Å²) in [6.07, 6.45) is 0. The second-order valence-corrected chi connectivity index (χ2v) is 3.33. The minimum absolute atomic E-state index is 0.153. The van der Waals surface area contributed by atoms with Crippen LogP contribution in [0.25, 0.3) is 0 Å². The molecule has 0 fully saturated rings. The molecule has 0 bridgehead atoms. The molecule has 0 radical (unpaired) electrons. The minimum Gasteiger partial charge on any atom is -0.409 e. The van der Waals surface area contributed by atoms with Gasteiger partial charge in [0.1, 0.15) is 17.2 Å². The van der Waals surface area contributed by atoms with Gasteiger partial charge >= 0.3 is 0 Å². The second kappa shape index (κ2) is 5.24. The zero-order chi connectivity index (χ0) is 13.0. The Labute approximate surface area is 95.9 Å². The summed E-state index contributed by atoms with van der Waals surface area (Å²) < 4.78 is 26.8. The number of amides is 1. The predicted molar refractivity (Wildman–Crippen MR) is 56.8 cm³/mol. The van der Waals surface area contributed by atoms with E-state index >= 15 is 0 Å². The van der Waals surface area contributed by atoms with Gasteiger partial charge in [-0.2, -0.15) is 0 Å². The molecule has 0 atom stereocenters. The second-order valence-electron chi connectivity index (χ2n) is 3.33. The number of halogens is 2. The molecule has 0 aliphatic carbocycles. The topological polar surface area (TPSA) is 87.7 Å². The molecule has 92 valence electrons. The van der Waals surface area contributed by atoms with Crippen LogP contribution in [0.4, 0.5) is 8.78 Å². The van der Waals surface area contributed by atoms with Gasteiger partial charge in [-0.3, -0.25) is 4.79 Å². The molecule has 0 aliphatic heterocycles. The molecule has 0 heterocycles. The van der Waals surface area contributed by atoms with Crippen molar-refractivity contribution in [1.29, 1.82) is 0 Å². The summed E-state index contributed by atoms with van der Waals surface area (Å²) in [5.41, 5.74) is 4.57. The molecule has 0 saturated carbocycles. The first-order valence-corrected chi connectivity index (χ1v) is 4.66. The first-order valence-electron chi connectivity index (χ1n) is 4.66. The standard InChI is InChI=1S/C10H11F2N3O2/c1-5-2-3-6(11)8(9(5)12)10(16)14-4-7(13)15-17/h2-3,17H,4H2,1H3,(H2,13,15)(H,14,16). The number of hydrogen-bond acceptors (Lipinski definition) is 3. The van der Waals surface area contributed by atoms with Crippen LogP contribution in [0.1, 0.15) is 15.9 Å². The molecule has 17 heavy (non-hydrogen) atoms. The molecule has 0 aromatic heterocycles. The molecule has 4 N–H and O–H groups in total. The lowest BCUT2D eigenvalue weighted by atomic mass is 10.1. The van der Waals surface area contributed by atoms with Crippen LogP contribution in [0.3, 0.4) is 0 Å². The number of oxime groups is 1. The molecule has 1 aromatic rings. The van der Waals surface area contributed by atoms with E-state index in [9.17, 15) is 13.6 Å². The monoisotopic (exact) mass is 243 g/mol. The zero-order valence-electron chi connectivity index (χ0n) is 9.00. The Balaban J connectivity index is 2.93. The van der Waals surface area contributed by atoms with Crippen LogP contribution >= 0.6 is 0 Å². The Hall–Kier alpha value is -2.18. The predicted octanol–water partition coefficient (Wildman–Crippen LogP) is 0.749. The summed E-state index contributed by atoms with van der Waals surface area (Å²) in [5, 5.41) is 13.0. The van der Waals surface area contributed by atoms with Crippen LogP contribution in [-0.2, 0) is 0 Å². The summed E-state index contributed by atoms with van der Waals surface area (Å²) in [5.74, 6) is -3.13. The maximum absolute atomic E-state index is 13.5. The van der Waals surface area contributed by atoms with Crippen LogP contribution in [-0.4, -0.2) is 23.5 Å². The van der Waals surface area contributed by atoms with Crippen molar-refractivity contribution in [3.05, 3.63) is 34.9 Å². The Morgan fingerprint density at radius 1 is 1.53 bits per heavy atom. The molecule has 1 amide bonds. The van der Waals surface area contributed by atoms with E-state index in [-0.39, 0.29) is 17.9 Å². The maximum atomic E-state index is 13.5. The Kier molecular flexibility index (Phi) is 3.97. The van der Waals surface area contributed by atoms with Gasteiger partial charge in [-0.05, 0) is 18.6 Å². The van der Waals surface area contributed by atoms with E-state index in [1.165, 1.54) is 13.0 Å². The number of nitrogens with two attached hydrogens (primary N) is 1. The lowest BCUT2D eigenvalue weighted by molar-refractivity contribution is 0.0950. The first kappa shape index (κ1) is 12.9. The number of aryl methyl sites for hydroxylation is 1. The largest absolute Gasteiger partial charge is 0.409 e. The summed E-state index contributed by atoms with van der Waals surface area (Å²) in [6, 6.07) is 2.22. The zero-order valence-corrected chi connectivity index (χ0v) is 9.00. The van der Waals surface area contributed by atoms with E-state index in [0.29, 0.717) is 0 Å². The summed E-state index contributed by atoms with van der Waals surface area (Å²) in [7, 11) is 0. The maximum Gasteiger partial charge on any atom is 0.257 e. The van der Waals surface area contributed by atoms with E-state index in [1.807, 2.05) is 0 Å². The van der Waals surface area contributed by atoms with E-state index in [4.69, 9.17) is 10.9 Å². The fraction of sp³-hybridized carbons (Fsp3) is 0.200. The van der Waals surface area contributed by atoms with Crippen molar-refractivity contribution < 1.29 is 18.8 Å². The molecule has 1 aromatic carbocycles. The summed E-state index contributed by atoms with van der Waals surface area (Å²) in [6.45, 7) is 1.11. The normalized spacial score (nSPS) is 11.4. The fourth-order valence-electron chi connectivity index (χ4n) is 1.16. The van der Waals surface area contributed by atoms with Crippen LogP contribution < -0.4 is 11.1 Å². The van der Waals surface area contributed by atoms with E-state index in [1.54, 1.807) is 0 Å². The third kappa shape index (κ3) is 2.90. The molecule has 7 heteroatoms. The molecule has 0 unspecified atom stereocenters. The van der Waals surface area contributed by atoms with Gasteiger partial charge in [-0.25, -0.2) is 8.78 Å². The molecular weight excluding hydrogens is 232 g/mol. The number of carbonyl (C=O) groups excluding carboxylic acids is 1. The van der Waals surface area contributed by atoms with Gasteiger partial charge in [-0.1, -0.05) is 11.2 Å². The first-order chi connectivity index (χ1) is 7.97. The van der Waals surface area contributed by atoms with Gasteiger partial charge in [0, 0.05) is 0 Å². The van der Waals surface area contributed by atoms with Gasteiger partial charge < -0.3 is 16.3 Å². The van der Waals surface area contributed by atoms with Gasteiger partial charge in [0.15, 0.2) is 5.84 Å². The Bertz CT molecular complexity index is 475.